The fourth-order valence-corrected chi connectivity index (χ4v) is 1.38. The first-order chi connectivity index (χ1) is 5.43. The van der Waals surface area contributed by atoms with Gasteiger partial charge >= 0.3 is 0 Å². The minimum absolute atomic E-state index is 1.02. The molecule has 0 aliphatic carbocycles. The summed E-state index contributed by atoms with van der Waals surface area (Å²) >= 11 is 1.49. The first kappa shape index (κ1) is 8.53. The van der Waals surface area contributed by atoms with Gasteiger partial charge in [0.15, 0.2) is 0 Å². The molecule has 0 saturated carbocycles. The molecular formula is C8H14N2S. The molecule has 0 fully saturated rings. The molecule has 0 radical (unpaired) electrons. The van der Waals surface area contributed by atoms with Gasteiger partial charge in [0, 0.05) is 11.9 Å². The van der Waals surface area contributed by atoms with Crippen LogP contribution in [0.5, 0.6) is 0 Å². The average molecular weight is 170 g/mol. The van der Waals surface area contributed by atoms with Gasteiger partial charge in [-0.05, 0) is 24.0 Å². The highest BCUT2D eigenvalue weighted by Gasteiger charge is 1.90. The van der Waals surface area contributed by atoms with Crippen LogP contribution in [0, 0.1) is 0 Å². The van der Waals surface area contributed by atoms with E-state index >= 15 is 0 Å². The van der Waals surface area contributed by atoms with Gasteiger partial charge in [-0.2, -0.15) is 4.37 Å². The normalized spacial score (nSPS) is 9.91. The van der Waals surface area contributed by atoms with Crippen LogP contribution in [0.2, 0.25) is 0 Å². The van der Waals surface area contributed by atoms with Crippen molar-refractivity contribution < 1.29 is 0 Å². The van der Waals surface area contributed by atoms with E-state index in [-0.39, 0.29) is 0 Å². The van der Waals surface area contributed by atoms with Crippen LogP contribution in [-0.4, -0.2) is 10.9 Å². The lowest BCUT2D eigenvalue weighted by molar-refractivity contribution is 0.743. The van der Waals surface area contributed by atoms with Crippen molar-refractivity contribution in [2.24, 2.45) is 0 Å². The Kier molecular flexibility index (Phi) is 3.98. The molecule has 0 atom stereocenters. The van der Waals surface area contributed by atoms with Crippen LogP contribution < -0.4 is 5.32 Å². The van der Waals surface area contributed by atoms with Gasteiger partial charge < -0.3 is 5.32 Å². The van der Waals surface area contributed by atoms with Gasteiger partial charge in [0.1, 0.15) is 5.82 Å². The van der Waals surface area contributed by atoms with Gasteiger partial charge in [0.2, 0.25) is 0 Å². The summed E-state index contributed by atoms with van der Waals surface area (Å²) < 4.78 is 4.14. The van der Waals surface area contributed by atoms with Crippen LogP contribution >= 0.6 is 11.5 Å². The lowest BCUT2D eigenvalue weighted by Crippen LogP contribution is -2.00. The van der Waals surface area contributed by atoms with Crippen LogP contribution in [0.15, 0.2) is 11.4 Å². The second-order valence-electron chi connectivity index (χ2n) is 2.52. The topological polar surface area (TPSA) is 24.9 Å². The van der Waals surface area contributed by atoms with Crippen molar-refractivity contribution in [2.75, 3.05) is 11.9 Å². The van der Waals surface area contributed by atoms with E-state index < -0.39 is 0 Å². The zero-order valence-electron chi connectivity index (χ0n) is 6.84. The van der Waals surface area contributed by atoms with Crippen molar-refractivity contribution in [3.8, 4) is 0 Å². The van der Waals surface area contributed by atoms with E-state index in [1.807, 2.05) is 11.4 Å². The molecule has 0 saturated heterocycles. The highest BCUT2D eigenvalue weighted by Crippen LogP contribution is 2.05. The predicted molar refractivity (Wildman–Crippen MR) is 50.1 cm³/mol. The molecular weight excluding hydrogens is 156 g/mol. The summed E-state index contributed by atoms with van der Waals surface area (Å²) in [5.74, 6) is 1.02. The van der Waals surface area contributed by atoms with Crippen LogP contribution in [0.3, 0.4) is 0 Å². The largest absolute Gasteiger partial charge is 0.369 e. The average Bonchev–Trinajstić information content (AvgIpc) is 2.50. The maximum Gasteiger partial charge on any atom is 0.139 e. The fourth-order valence-electron chi connectivity index (χ4n) is 0.895. The van der Waals surface area contributed by atoms with Crippen molar-refractivity contribution in [1.29, 1.82) is 0 Å². The number of aromatic nitrogens is 1. The van der Waals surface area contributed by atoms with E-state index in [1.165, 1.54) is 30.8 Å². The summed E-state index contributed by atoms with van der Waals surface area (Å²) in [7, 11) is 0. The second-order valence-corrected chi connectivity index (χ2v) is 3.18. The van der Waals surface area contributed by atoms with Crippen LogP contribution in [0.4, 0.5) is 5.82 Å². The molecule has 1 N–H and O–H groups in total. The van der Waals surface area contributed by atoms with E-state index in [4.69, 9.17) is 0 Å². The Morgan fingerprint density at radius 2 is 2.45 bits per heavy atom. The molecule has 3 heteroatoms. The molecule has 62 valence electrons. The summed E-state index contributed by atoms with van der Waals surface area (Å²) in [5.41, 5.74) is 0. The third-order valence-corrected chi connectivity index (χ3v) is 2.08. The zero-order chi connectivity index (χ0) is 7.94. The van der Waals surface area contributed by atoms with Crippen molar-refractivity contribution in [1.82, 2.24) is 4.37 Å². The van der Waals surface area contributed by atoms with Gasteiger partial charge in [-0.1, -0.05) is 19.8 Å². The Morgan fingerprint density at radius 3 is 3.09 bits per heavy atom. The van der Waals surface area contributed by atoms with Gasteiger partial charge in [-0.3, -0.25) is 0 Å². The van der Waals surface area contributed by atoms with Gasteiger partial charge in [-0.25, -0.2) is 0 Å². The summed E-state index contributed by atoms with van der Waals surface area (Å²) in [6, 6.07) is 2.01. The Bertz CT molecular complexity index is 172. The van der Waals surface area contributed by atoms with Crippen molar-refractivity contribution >= 4 is 17.4 Å². The van der Waals surface area contributed by atoms with Crippen molar-refractivity contribution in [3.05, 3.63) is 11.4 Å². The summed E-state index contributed by atoms with van der Waals surface area (Å²) in [5, 5.41) is 5.25. The van der Waals surface area contributed by atoms with Crippen molar-refractivity contribution in [3.63, 3.8) is 0 Å². The molecule has 0 aliphatic heterocycles. The molecule has 1 aromatic rings. The van der Waals surface area contributed by atoms with E-state index in [0.29, 0.717) is 0 Å². The van der Waals surface area contributed by atoms with Crippen LogP contribution in [0.1, 0.15) is 26.2 Å². The maximum absolute atomic E-state index is 4.14. The number of unbranched alkanes of at least 4 members (excludes halogenated alkanes) is 2. The molecule has 0 bridgehead atoms. The maximum atomic E-state index is 4.14. The van der Waals surface area contributed by atoms with Crippen LogP contribution in [0.25, 0.3) is 0 Å². The predicted octanol–water partition coefficient (Wildman–Crippen LogP) is 2.75. The van der Waals surface area contributed by atoms with E-state index in [0.717, 1.165) is 12.4 Å². The lowest BCUT2D eigenvalue weighted by Gasteiger charge is -1.99. The summed E-state index contributed by atoms with van der Waals surface area (Å²) in [4.78, 5) is 0. The molecule has 1 rings (SSSR count). The standard InChI is InChI=1S/C8H14N2S/c1-2-3-4-6-9-8-5-7-11-10-8/h5,7H,2-4,6H2,1H3,(H,9,10). The third-order valence-electron chi connectivity index (χ3n) is 1.52. The number of rotatable bonds is 5. The quantitative estimate of drug-likeness (QED) is 0.687. The highest BCUT2D eigenvalue weighted by molar-refractivity contribution is 7.03. The van der Waals surface area contributed by atoms with E-state index in [9.17, 15) is 0 Å². The molecule has 1 aromatic heterocycles. The molecule has 11 heavy (non-hydrogen) atoms. The van der Waals surface area contributed by atoms with E-state index in [1.54, 1.807) is 0 Å². The smallest absolute Gasteiger partial charge is 0.139 e. The van der Waals surface area contributed by atoms with Gasteiger partial charge in [-0.15, -0.1) is 0 Å². The lowest BCUT2D eigenvalue weighted by atomic mass is 10.2. The zero-order valence-corrected chi connectivity index (χ0v) is 7.66. The molecule has 0 aliphatic rings. The number of nitrogens with one attached hydrogen (secondary N) is 1. The van der Waals surface area contributed by atoms with Gasteiger partial charge in [0.05, 0.1) is 0 Å². The molecule has 1 heterocycles. The van der Waals surface area contributed by atoms with Crippen molar-refractivity contribution in [2.45, 2.75) is 26.2 Å². The Morgan fingerprint density at radius 1 is 1.55 bits per heavy atom. The molecule has 0 aromatic carbocycles. The van der Waals surface area contributed by atoms with Crippen LogP contribution in [-0.2, 0) is 0 Å². The Balaban J connectivity index is 2.04. The second kappa shape index (κ2) is 5.13. The number of hydrogen-bond acceptors (Lipinski definition) is 3. The number of hydrogen-bond donors (Lipinski definition) is 1. The first-order valence-electron chi connectivity index (χ1n) is 4.07. The minimum atomic E-state index is 1.02. The first-order valence-corrected chi connectivity index (χ1v) is 4.91. The minimum Gasteiger partial charge on any atom is -0.369 e. The summed E-state index contributed by atoms with van der Waals surface area (Å²) in [6.07, 6.45) is 3.82. The molecule has 2 nitrogen and oxygen atoms in total. The number of nitrogens with zero attached hydrogens (tertiary/aromatic N) is 1. The fraction of sp³-hybridized carbons (Fsp3) is 0.625. The molecule has 0 spiro atoms. The SMILES string of the molecule is CCCCCNc1ccsn1. The molecule has 0 amide bonds. The van der Waals surface area contributed by atoms with Gasteiger partial charge in [0.25, 0.3) is 0 Å². The summed E-state index contributed by atoms with van der Waals surface area (Å²) in [6.45, 7) is 3.26. The number of anilines is 1. The monoisotopic (exact) mass is 170 g/mol. The third kappa shape index (κ3) is 3.37. The Hall–Kier alpha value is -0.570. The van der Waals surface area contributed by atoms with E-state index in [2.05, 4.69) is 16.6 Å². The Labute approximate surface area is 71.8 Å². The molecule has 0 unspecified atom stereocenters. The highest BCUT2D eigenvalue weighted by atomic mass is 32.1.